The van der Waals surface area contributed by atoms with E-state index in [4.69, 9.17) is 16.3 Å². The Morgan fingerprint density at radius 2 is 1.71 bits per heavy atom. The minimum atomic E-state index is 0.0419. The van der Waals surface area contributed by atoms with E-state index in [0.29, 0.717) is 19.4 Å². The molecule has 2 aromatic rings. The summed E-state index contributed by atoms with van der Waals surface area (Å²) in [6.45, 7) is 7.66. The van der Waals surface area contributed by atoms with Crippen LogP contribution in [0.3, 0.4) is 0 Å². The number of carbonyl (C=O) groups is 1. The van der Waals surface area contributed by atoms with Crippen molar-refractivity contribution >= 4 is 17.5 Å². The average molecular weight is 401 g/mol. The van der Waals surface area contributed by atoms with Gasteiger partial charge in [-0.15, -0.1) is 0 Å². The maximum Gasteiger partial charge on any atom is 0.220 e. The number of amides is 1. The molecule has 1 saturated heterocycles. The van der Waals surface area contributed by atoms with Crippen molar-refractivity contribution in [2.45, 2.75) is 52.0 Å². The standard InChI is InChI=1S/C23H29ClN2O2/c1-17-14-26(15-18(2)28-17)16-20-9-7-19(8-10-20)13-25-23(27)12-11-21-5-3-4-6-22(21)24/h3-10,17-18H,11-16H2,1-2H3,(H,25,27). The summed E-state index contributed by atoms with van der Waals surface area (Å²) < 4.78 is 5.79. The highest BCUT2D eigenvalue weighted by Gasteiger charge is 2.21. The van der Waals surface area contributed by atoms with Crippen molar-refractivity contribution in [1.82, 2.24) is 10.2 Å². The Bertz CT molecular complexity index is 768. The van der Waals surface area contributed by atoms with Crippen LogP contribution >= 0.6 is 11.6 Å². The van der Waals surface area contributed by atoms with Gasteiger partial charge in [-0.05, 0) is 43.0 Å². The topological polar surface area (TPSA) is 41.6 Å². The van der Waals surface area contributed by atoms with Crippen LogP contribution in [0.5, 0.6) is 0 Å². The van der Waals surface area contributed by atoms with Crippen LogP contribution in [0.1, 0.15) is 37.0 Å². The minimum Gasteiger partial charge on any atom is -0.373 e. The summed E-state index contributed by atoms with van der Waals surface area (Å²) in [5.41, 5.74) is 3.41. The molecule has 3 rings (SSSR count). The van der Waals surface area contributed by atoms with Crippen LogP contribution in [0.25, 0.3) is 0 Å². The molecule has 1 aliphatic rings. The number of ether oxygens (including phenoxy) is 1. The quantitative estimate of drug-likeness (QED) is 0.757. The van der Waals surface area contributed by atoms with Crippen LogP contribution in [-0.4, -0.2) is 36.1 Å². The summed E-state index contributed by atoms with van der Waals surface area (Å²) in [7, 11) is 0. The molecular formula is C23H29ClN2O2. The Kier molecular flexibility index (Phi) is 7.49. The first kappa shape index (κ1) is 20.8. The van der Waals surface area contributed by atoms with Crippen LogP contribution in [0.2, 0.25) is 5.02 Å². The smallest absolute Gasteiger partial charge is 0.220 e. The zero-order chi connectivity index (χ0) is 19.9. The lowest BCUT2D eigenvalue weighted by Gasteiger charge is -2.35. The van der Waals surface area contributed by atoms with Gasteiger partial charge in [0.15, 0.2) is 0 Å². The van der Waals surface area contributed by atoms with Crippen molar-refractivity contribution in [2.24, 2.45) is 0 Å². The second kappa shape index (κ2) is 10.1. The Labute approximate surface area is 172 Å². The van der Waals surface area contributed by atoms with Gasteiger partial charge in [-0.25, -0.2) is 0 Å². The number of halogens is 1. The lowest BCUT2D eigenvalue weighted by molar-refractivity contribution is -0.121. The van der Waals surface area contributed by atoms with Crippen molar-refractivity contribution in [3.8, 4) is 0 Å². The van der Waals surface area contributed by atoms with Crippen LogP contribution in [0.15, 0.2) is 48.5 Å². The van der Waals surface area contributed by atoms with Gasteiger partial charge in [0, 0.05) is 37.6 Å². The molecule has 4 nitrogen and oxygen atoms in total. The number of nitrogens with zero attached hydrogens (tertiary/aromatic N) is 1. The highest BCUT2D eigenvalue weighted by atomic mass is 35.5. The van der Waals surface area contributed by atoms with Gasteiger partial charge in [0.05, 0.1) is 12.2 Å². The molecular weight excluding hydrogens is 372 g/mol. The molecule has 1 fully saturated rings. The molecule has 0 spiro atoms. The first-order chi connectivity index (χ1) is 13.5. The van der Waals surface area contributed by atoms with Gasteiger partial charge in [0.1, 0.15) is 0 Å². The lowest BCUT2D eigenvalue weighted by Crippen LogP contribution is -2.44. The molecule has 1 aliphatic heterocycles. The third kappa shape index (κ3) is 6.33. The van der Waals surface area contributed by atoms with E-state index in [9.17, 15) is 4.79 Å². The molecule has 1 heterocycles. The molecule has 0 saturated carbocycles. The van der Waals surface area contributed by atoms with Crippen molar-refractivity contribution in [1.29, 1.82) is 0 Å². The fourth-order valence-corrected chi connectivity index (χ4v) is 3.90. The summed E-state index contributed by atoms with van der Waals surface area (Å²) in [6, 6.07) is 16.1. The summed E-state index contributed by atoms with van der Waals surface area (Å²) in [6.07, 6.45) is 1.66. The van der Waals surface area contributed by atoms with Gasteiger partial charge >= 0.3 is 0 Å². The Morgan fingerprint density at radius 1 is 1.07 bits per heavy atom. The highest BCUT2D eigenvalue weighted by molar-refractivity contribution is 6.31. The molecule has 5 heteroatoms. The van der Waals surface area contributed by atoms with Gasteiger partial charge in [-0.1, -0.05) is 54.1 Å². The van der Waals surface area contributed by atoms with E-state index in [1.165, 1.54) is 5.56 Å². The number of aryl methyl sites for hydroxylation is 1. The minimum absolute atomic E-state index is 0.0419. The number of hydrogen-bond donors (Lipinski definition) is 1. The van der Waals surface area contributed by atoms with E-state index < -0.39 is 0 Å². The summed E-state index contributed by atoms with van der Waals surface area (Å²) >= 11 is 6.14. The van der Waals surface area contributed by atoms with E-state index in [-0.39, 0.29) is 18.1 Å². The molecule has 2 aromatic carbocycles. The molecule has 2 atom stereocenters. The monoisotopic (exact) mass is 400 g/mol. The van der Waals surface area contributed by atoms with Crippen molar-refractivity contribution in [3.05, 3.63) is 70.2 Å². The Balaban J connectivity index is 1.42. The summed E-state index contributed by atoms with van der Waals surface area (Å²) in [5, 5.41) is 3.71. The maximum atomic E-state index is 12.1. The highest BCUT2D eigenvalue weighted by Crippen LogP contribution is 2.17. The van der Waals surface area contributed by atoms with Crippen LogP contribution in [-0.2, 0) is 29.0 Å². The van der Waals surface area contributed by atoms with Crippen LogP contribution < -0.4 is 5.32 Å². The zero-order valence-electron chi connectivity index (χ0n) is 16.7. The number of nitrogens with one attached hydrogen (secondary N) is 1. The maximum absolute atomic E-state index is 12.1. The second-order valence-corrected chi connectivity index (χ2v) is 8.04. The molecule has 0 aromatic heterocycles. The third-order valence-corrected chi connectivity index (χ3v) is 5.36. The molecule has 1 N–H and O–H groups in total. The SMILES string of the molecule is CC1CN(Cc2ccc(CNC(=O)CCc3ccccc3Cl)cc2)CC(C)O1. The molecule has 1 amide bonds. The number of morpholine rings is 1. The van der Waals surface area contributed by atoms with E-state index in [1.807, 2.05) is 24.3 Å². The first-order valence-corrected chi connectivity index (χ1v) is 10.3. The second-order valence-electron chi connectivity index (χ2n) is 7.64. The van der Waals surface area contributed by atoms with Crippen molar-refractivity contribution in [3.63, 3.8) is 0 Å². The normalized spacial score (nSPS) is 20.1. The molecule has 0 bridgehead atoms. The summed E-state index contributed by atoms with van der Waals surface area (Å²) in [4.78, 5) is 14.6. The fraction of sp³-hybridized carbons (Fsp3) is 0.435. The molecule has 0 aliphatic carbocycles. The van der Waals surface area contributed by atoms with Gasteiger partial charge in [-0.2, -0.15) is 0 Å². The Hall–Kier alpha value is -1.88. The third-order valence-electron chi connectivity index (χ3n) is 4.99. The van der Waals surface area contributed by atoms with Crippen LogP contribution in [0.4, 0.5) is 0 Å². The van der Waals surface area contributed by atoms with E-state index >= 15 is 0 Å². The van der Waals surface area contributed by atoms with E-state index in [0.717, 1.165) is 35.8 Å². The van der Waals surface area contributed by atoms with E-state index in [1.54, 1.807) is 0 Å². The average Bonchev–Trinajstić information content (AvgIpc) is 2.66. The number of carbonyl (C=O) groups excluding carboxylic acids is 1. The van der Waals surface area contributed by atoms with Gasteiger partial charge in [-0.3, -0.25) is 9.69 Å². The first-order valence-electron chi connectivity index (χ1n) is 9.95. The molecule has 0 radical (unpaired) electrons. The largest absolute Gasteiger partial charge is 0.373 e. The number of benzene rings is 2. The van der Waals surface area contributed by atoms with Crippen molar-refractivity contribution < 1.29 is 9.53 Å². The molecule has 150 valence electrons. The van der Waals surface area contributed by atoms with Gasteiger partial charge in [0.25, 0.3) is 0 Å². The number of hydrogen-bond acceptors (Lipinski definition) is 3. The summed E-state index contributed by atoms with van der Waals surface area (Å²) in [5.74, 6) is 0.0419. The van der Waals surface area contributed by atoms with Gasteiger partial charge < -0.3 is 10.1 Å². The predicted octanol–water partition coefficient (Wildman–Crippen LogP) is 4.20. The van der Waals surface area contributed by atoms with Gasteiger partial charge in [0.2, 0.25) is 5.91 Å². The van der Waals surface area contributed by atoms with E-state index in [2.05, 4.69) is 48.3 Å². The fourth-order valence-electron chi connectivity index (χ4n) is 3.67. The predicted molar refractivity (Wildman–Crippen MR) is 113 cm³/mol. The van der Waals surface area contributed by atoms with Crippen molar-refractivity contribution in [2.75, 3.05) is 13.1 Å². The Morgan fingerprint density at radius 3 is 2.39 bits per heavy atom. The zero-order valence-corrected chi connectivity index (χ0v) is 17.4. The molecule has 2 unspecified atom stereocenters. The number of rotatable bonds is 7. The molecule has 28 heavy (non-hydrogen) atoms. The van der Waals surface area contributed by atoms with Crippen LogP contribution in [0, 0.1) is 0 Å². The lowest BCUT2D eigenvalue weighted by atomic mass is 10.1.